The molecule has 0 rings (SSSR count). The van der Waals surface area contributed by atoms with Crippen LogP contribution in [0.2, 0.25) is 0 Å². The van der Waals surface area contributed by atoms with E-state index in [0.717, 1.165) is 11.8 Å². The van der Waals surface area contributed by atoms with Crippen LogP contribution in [-0.4, -0.2) is 46.1 Å². The fourth-order valence-electron chi connectivity index (χ4n) is 0.884. The molecule has 0 aliphatic heterocycles. The number of carbonyl (C=O) groups excluding carboxylic acids is 2. The fraction of sp³-hybridized carbons (Fsp3) is 0.700. The number of carboxylic acids is 1. The topological polar surface area (TPSA) is 122 Å². The van der Waals surface area contributed by atoms with Crippen molar-refractivity contribution in [1.82, 2.24) is 10.6 Å². The zero-order chi connectivity index (χ0) is 14.3. The Bertz CT molecular complexity index is 328. The second kappa shape index (κ2) is 7.22. The summed E-state index contributed by atoms with van der Waals surface area (Å²) in [5.41, 5.74) is 4.83. The molecule has 5 N–H and O–H groups in total. The largest absolute Gasteiger partial charge is 0.480 e. The molecule has 0 aromatic rings. The van der Waals surface area contributed by atoms with E-state index in [2.05, 4.69) is 10.6 Å². The third kappa shape index (κ3) is 8.82. The quantitative estimate of drug-likeness (QED) is 0.550. The molecule has 7 nitrogen and oxygen atoms in total. The van der Waals surface area contributed by atoms with Crippen LogP contribution in [-0.2, 0) is 9.59 Å². The normalized spacial score (nSPS) is 12.7. The van der Waals surface area contributed by atoms with Crippen molar-refractivity contribution >= 4 is 29.7 Å². The minimum Gasteiger partial charge on any atom is -0.480 e. The van der Waals surface area contributed by atoms with Crippen molar-refractivity contribution in [2.75, 3.05) is 11.5 Å². The average Bonchev–Trinajstić information content (AvgIpc) is 2.13. The lowest BCUT2D eigenvalue weighted by molar-refractivity contribution is -0.138. The van der Waals surface area contributed by atoms with Crippen LogP contribution >= 0.6 is 11.8 Å². The van der Waals surface area contributed by atoms with Gasteiger partial charge in [-0.25, -0.2) is 4.79 Å². The van der Waals surface area contributed by atoms with Gasteiger partial charge in [0.2, 0.25) is 5.91 Å². The molecule has 0 aliphatic carbocycles. The minimum atomic E-state index is -1.12. The van der Waals surface area contributed by atoms with Crippen molar-refractivity contribution in [1.29, 1.82) is 0 Å². The van der Waals surface area contributed by atoms with Crippen LogP contribution in [0.1, 0.15) is 20.8 Å². The molecule has 0 fully saturated rings. The highest BCUT2D eigenvalue weighted by molar-refractivity contribution is 8.00. The van der Waals surface area contributed by atoms with Gasteiger partial charge in [-0.3, -0.25) is 14.9 Å². The van der Waals surface area contributed by atoms with E-state index in [4.69, 9.17) is 10.8 Å². The lowest BCUT2D eigenvalue weighted by atomic mass is 10.1. The minimum absolute atomic E-state index is 0.0153. The first kappa shape index (κ1) is 16.7. The first-order valence-corrected chi connectivity index (χ1v) is 6.45. The molecule has 1 atom stereocenters. The number of hydrogen-bond acceptors (Lipinski definition) is 5. The molecule has 0 saturated heterocycles. The van der Waals surface area contributed by atoms with Gasteiger partial charge in [-0.2, -0.15) is 0 Å². The Balaban J connectivity index is 3.85. The molecule has 0 radical (unpaired) electrons. The van der Waals surface area contributed by atoms with Crippen LogP contribution in [0.25, 0.3) is 0 Å². The number of carboxylic acid groups (broad SMARTS) is 1. The number of rotatable bonds is 5. The van der Waals surface area contributed by atoms with Crippen molar-refractivity contribution in [3.8, 4) is 0 Å². The highest BCUT2D eigenvalue weighted by atomic mass is 32.2. The van der Waals surface area contributed by atoms with E-state index in [1.165, 1.54) is 0 Å². The molecule has 8 heteroatoms. The summed E-state index contributed by atoms with van der Waals surface area (Å²) >= 11 is 1.06. The number of imide groups is 1. The standard InChI is InChI=1S/C10H19N3O4S/c1-10(2,3)13-9(17)12-7(14)5-18-4-6(11)8(15)16/h6H,4-5,11H2,1-3H3,(H,15,16)(H2,12,13,14,17). The van der Waals surface area contributed by atoms with Gasteiger partial charge in [0.15, 0.2) is 0 Å². The van der Waals surface area contributed by atoms with Crippen LogP contribution in [0.15, 0.2) is 0 Å². The molecule has 0 spiro atoms. The molecule has 0 aromatic carbocycles. The Morgan fingerprint density at radius 2 is 1.89 bits per heavy atom. The van der Waals surface area contributed by atoms with E-state index in [9.17, 15) is 14.4 Å². The summed E-state index contributed by atoms with van der Waals surface area (Å²) in [6.07, 6.45) is 0. The molecule has 0 aromatic heterocycles. The molecule has 0 aliphatic rings. The van der Waals surface area contributed by atoms with Gasteiger partial charge < -0.3 is 16.2 Å². The van der Waals surface area contributed by atoms with Crippen molar-refractivity contribution < 1.29 is 19.5 Å². The summed E-state index contributed by atoms with van der Waals surface area (Å²) in [6.45, 7) is 5.37. The highest BCUT2D eigenvalue weighted by Crippen LogP contribution is 2.02. The second-order valence-corrected chi connectivity index (χ2v) is 5.74. The van der Waals surface area contributed by atoms with Crippen LogP contribution < -0.4 is 16.4 Å². The van der Waals surface area contributed by atoms with Gasteiger partial charge in [0.05, 0.1) is 5.75 Å². The van der Waals surface area contributed by atoms with E-state index in [0.29, 0.717) is 0 Å². The summed E-state index contributed by atoms with van der Waals surface area (Å²) in [7, 11) is 0. The van der Waals surface area contributed by atoms with Crippen LogP contribution in [0.5, 0.6) is 0 Å². The van der Waals surface area contributed by atoms with Gasteiger partial charge in [-0.05, 0) is 20.8 Å². The zero-order valence-corrected chi connectivity index (χ0v) is 11.5. The number of amides is 3. The Morgan fingerprint density at radius 1 is 1.33 bits per heavy atom. The van der Waals surface area contributed by atoms with E-state index in [1.807, 2.05) is 0 Å². The first-order chi connectivity index (χ1) is 8.11. The predicted octanol–water partition coefficient (Wildman–Crippen LogP) is -0.244. The number of urea groups is 1. The number of nitrogens with one attached hydrogen (secondary N) is 2. The number of carbonyl (C=O) groups is 3. The maximum absolute atomic E-state index is 11.3. The third-order valence-electron chi connectivity index (χ3n) is 1.59. The number of thioether (sulfide) groups is 1. The lowest BCUT2D eigenvalue weighted by Crippen LogP contribution is -2.48. The number of nitrogens with two attached hydrogens (primary N) is 1. The maximum atomic E-state index is 11.3. The van der Waals surface area contributed by atoms with Crippen LogP contribution in [0.3, 0.4) is 0 Å². The molecule has 0 bridgehead atoms. The monoisotopic (exact) mass is 277 g/mol. The summed E-state index contributed by atoms with van der Waals surface area (Å²) < 4.78 is 0. The molecular weight excluding hydrogens is 258 g/mol. The van der Waals surface area contributed by atoms with Crippen molar-refractivity contribution in [2.24, 2.45) is 5.73 Å². The SMILES string of the molecule is CC(C)(C)NC(=O)NC(=O)CSCC(N)C(=O)O. The fourth-order valence-corrected chi connectivity index (χ4v) is 1.66. The average molecular weight is 277 g/mol. The van der Waals surface area contributed by atoms with Gasteiger partial charge in [-0.1, -0.05) is 0 Å². The number of aliphatic carboxylic acids is 1. The van der Waals surface area contributed by atoms with Gasteiger partial charge in [0, 0.05) is 11.3 Å². The second-order valence-electron chi connectivity index (χ2n) is 4.71. The summed E-state index contributed by atoms with van der Waals surface area (Å²) in [6, 6.07) is -1.58. The summed E-state index contributed by atoms with van der Waals surface area (Å²) in [5.74, 6) is -1.50. The molecular formula is C10H19N3O4S. The lowest BCUT2D eigenvalue weighted by Gasteiger charge is -2.20. The van der Waals surface area contributed by atoms with Crippen molar-refractivity contribution in [2.45, 2.75) is 32.4 Å². The smallest absolute Gasteiger partial charge is 0.321 e. The first-order valence-electron chi connectivity index (χ1n) is 5.30. The van der Waals surface area contributed by atoms with Crippen molar-refractivity contribution in [3.63, 3.8) is 0 Å². The van der Waals surface area contributed by atoms with E-state index < -0.39 is 29.5 Å². The van der Waals surface area contributed by atoms with Crippen molar-refractivity contribution in [3.05, 3.63) is 0 Å². The molecule has 0 saturated carbocycles. The van der Waals surface area contributed by atoms with E-state index >= 15 is 0 Å². The van der Waals surface area contributed by atoms with Gasteiger partial charge in [0.25, 0.3) is 0 Å². The Labute approximate surface area is 110 Å². The van der Waals surface area contributed by atoms with E-state index in [-0.39, 0.29) is 11.5 Å². The molecule has 0 heterocycles. The van der Waals surface area contributed by atoms with Gasteiger partial charge in [-0.15, -0.1) is 11.8 Å². The Kier molecular flexibility index (Phi) is 6.71. The molecule has 3 amide bonds. The van der Waals surface area contributed by atoms with Gasteiger partial charge in [0.1, 0.15) is 6.04 Å². The third-order valence-corrected chi connectivity index (χ3v) is 2.65. The molecule has 104 valence electrons. The summed E-state index contributed by atoms with van der Waals surface area (Å²) in [4.78, 5) is 33.0. The maximum Gasteiger partial charge on any atom is 0.321 e. The van der Waals surface area contributed by atoms with E-state index in [1.54, 1.807) is 20.8 Å². The van der Waals surface area contributed by atoms with Crippen LogP contribution in [0.4, 0.5) is 4.79 Å². The predicted molar refractivity (Wildman–Crippen MR) is 69.4 cm³/mol. The number of hydrogen-bond donors (Lipinski definition) is 4. The molecule has 1 unspecified atom stereocenters. The Hall–Kier alpha value is -1.28. The summed E-state index contributed by atoms with van der Waals surface area (Å²) in [5, 5.41) is 13.2. The highest BCUT2D eigenvalue weighted by Gasteiger charge is 2.16. The van der Waals surface area contributed by atoms with Crippen LogP contribution in [0, 0.1) is 0 Å². The van der Waals surface area contributed by atoms with Gasteiger partial charge >= 0.3 is 12.0 Å². The Morgan fingerprint density at radius 3 is 2.33 bits per heavy atom. The zero-order valence-electron chi connectivity index (χ0n) is 10.6. The molecule has 18 heavy (non-hydrogen) atoms.